The van der Waals surface area contributed by atoms with Crippen molar-refractivity contribution >= 4 is 31.8 Å². The molecular formula is C30H30F3N4O9PS. The number of allylic oxidation sites excluding steroid dienone is 2. The van der Waals surface area contributed by atoms with Crippen LogP contribution in [0.25, 0.3) is 6.08 Å². The van der Waals surface area contributed by atoms with Crippen molar-refractivity contribution in [3.05, 3.63) is 101 Å². The molecule has 1 fully saturated rings. The lowest BCUT2D eigenvalue weighted by atomic mass is 9.89. The van der Waals surface area contributed by atoms with E-state index in [2.05, 4.69) is 14.6 Å². The van der Waals surface area contributed by atoms with E-state index >= 15 is 4.39 Å². The number of thioether (sulfide) groups is 1. The van der Waals surface area contributed by atoms with Crippen LogP contribution in [0, 0.1) is 28.8 Å². The number of carbonyl (C=O) groups excluding carboxylic acids is 1. The predicted octanol–water partition coefficient (Wildman–Crippen LogP) is 4.86. The van der Waals surface area contributed by atoms with Gasteiger partial charge in [-0.3, -0.25) is 4.52 Å². The van der Waals surface area contributed by atoms with Gasteiger partial charge in [0.15, 0.2) is 11.9 Å². The van der Waals surface area contributed by atoms with Crippen LogP contribution in [0.4, 0.5) is 18.0 Å². The highest BCUT2D eigenvalue weighted by Crippen LogP contribution is 2.42. The van der Waals surface area contributed by atoms with Gasteiger partial charge in [0.2, 0.25) is 0 Å². The SMILES string of the molecule is C[C@@H](SC1COC(/C=C/C=C/c2ccc(C#N)cc2F)OC1)[C@@](Cn1cncn1)(OC(=O)OCCOP(=O)(O)O)c1ccc(F)cc1F. The summed E-state index contributed by atoms with van der Waals surface area (Å²) in [5.41, 5.74) is -1.59. The van der Waals surface area contributed by atoms with Crippen LogP contribution in [-0.4, -0.2) is 73.9 Å². The monoisotopic (exact) mass is 710 g/mol. The minimum atomic E-state index is -4.82. The molecule has 1 aliphatic rings. The fourth-order valence-corrected chi connectivity index (χ4v) is 6.26. The van der Waals surface area contributed by atoms with Crippen molar-refractivity contribution in [2.75, 3.05) is 26.4 Å². The van der Waals surface area contributed by atoms with Crippen molar-refractivity contribution < 1.29 is 55.8 Å². The molecule has 0 amide bonds. The van der Waals surface area contributed by atoms with Gasteiger partial charge in [0.05, 0.1) is 43.2 Å². The highest BCUT2D eigenvalue weighted by Gasteiger charge is 2.47. The second-order valence-electron chi connectivity index (χ2n) is 10.2. The van der Waals surface area contributed by atoms with Gasteiger partial charge in [-0.25, -0.2) is 32.2 Å². The van der Waals surface area contributed by atoms with Crippen LogP contribution < -0.4 is 0 Å². The van der Waals surface area contributed by atoms with Crippen molar-refractivity contribution in [1.29, 1.82) is 5.26 Å². The Bertz CT molecular complexity index is 1690. The molecule has 1 saturated heterocycles. The largest absolute Gasteiger partial charge is 0.509 e. The third-order valence-corrected chi connectivity index (χ3v) is 8.77. The minimum Gasteiger partial charge on any atom is -0.432 e. The molecule has 2 heterocycles. The first-order chi connectivity index (χ1) is 22.9. The summed E-state index contributed by atoms with van der Waals surface area (Å²) in [6.07, 6.45) is 6.81. The van der Waals surface area contributed by atoms with E-state index in [-0.39, 0.29) is 36.1 Å². The molecule has 18 heteroatoms. The van der Waals surface area contributed by atoms with E-state index in [0.717, 1.165) is 18.2 Å². The summed E-state index contributed by atoms with van der Waals surface area (Å²) in [4.78, 5) is 34.5. The Hall–Kier alpha value is -4.01. The summed E-state index contributed by atoms with van der Waals surface area (Å²) >= 11 is 1.23. The minimum absolute atomic E-state index is 0.160. The Morgan fingerprint density at radius 3 is 2.60 bits per heavy atom. The fraction of sp³-hybridized carbons (Fsp3) is 0.333. The van der Waals surface area contributed by atoms with Crippen molar-refractivity contribution in [3.8, 4) is 6.07 Å². The molecule has 0 radical (unpaired) electrons. The van der Waals surface area contributed by atoms with Crippen LogP contribution in [0.1, 0.15) is 23.6 Å². The number of phosphoric acid groups is 1. The predicted molar refractivity (Wildman–Crippen MR) is 164 cm³/mol. The number of carbonyl (C=O) groups is 1. The van der Waals surface area contributed by atoms with Crippen LogP contribution in [0.5, 0.6) is 0 Å². The highest BCUT2D eigenvalue weighted by molar-refractivity contribution is 8.00. The average Bonchev–Trinajstić information content (AvgIpc) is 3.55. The lowest BCUT2D eigenvalue weighted by molar-refractivity contribution is -0.146. The van der Waals surface area contributed by atoms with Gasteiger partial charge in [0.1, 0.15) is 36.7 Å². The summed E-state index contributed by atoms with van der Waals surface area (Å²) in [6.45, 7) is 0.422. The molecule has 13 nitrogen and oxygen atoms in total. The maximum absolute atomic E-state index is 15.4. The van der Waals surface area contributed by atoms with E-state index in [4.69, 9.17) is 34.0 Å². The van der Waals surface area contributed by atoms with Crippen molar-refractivity contribution in [2.45, 2.75) is 35.9 Å². The Labute approximate surface area is 277 Å². The molecule has 0 saturated carbocycles. The van der Waals surface area contributed by atoms with Gasteiger partial charge in [0, 0.05) is 22.4 Å². The molecule has 0 aliphatic carbocycles. The molecule has 2 N–H and O–H groups in total. The zero-order valence-electron chi connectivity index (χ0n) is 25.2. The molecule has 4 rings (SSSR count). The number of rotatable bonds is 14. The number of aromatic nitrogens is 3. The van der Waals surface area contributed by atoms with Crippen molar-refractivity contribution in [1.82, 2.24) is 14.8 Å². The van der Waals surface area contributed by atoms with Crippen LogP contribution >= 0.6 is 19.6 Å². The number of hydrogen-bond acceptors (Lipinski definition) is 11. The Morgan fingerprint density at radius 2 is 1.96 bits per heavy atom. The molecular weight excluding hydrogens is 680 g/mol. The standard InChI is InChI=1S/C30H30F3N4O9PS/c1-20(48-24-15-43-28(44-16-24)5-3-2-4-22-7-6-21(14-34)12-26(22)32)30(17-37-19-35-18-36-37,25-9-8-23(31)13-27(25)33)46-29(38)42-10-11-45-47(39,40)41/h2-9,12-13,18-20,24,28H,10-11,15-17H2,1H3,(H2,39,40,41)/b4-2+,5-3+/t20-,24?,28?,30-/m1/s1. The van der Waals surface area contributed by atoms with E-state index in [1.807, 2.05) is 6.07 Å². The molecule has 0 bridgehead atoms. The number of nitriles is 1. The van der Waals surface area contributed by atoms with E-state index in [9.17, 15) is 18.1 Å². The summed E-state index contributed by atoms with van der Waals surface area (Å²) in [5, 5.41) is 11.8. The van der Waals surface area contributed by atoms with Gasteiger partial charge in [-0.05, 0) is 37.3 Å². The maximum Gasteiger partial charge on any atom is 0.509 e. The Balaban J connectivity index is 1.47. The van der Waals surface area contributed by atoms with Crippen LogP contribution in [0.3, 0.4) is 0 Å². The molecule has 0 spiro atoms. The first-order valence-electron chi connectivity index (χ1n) is 14.2. The number of hydrogen-bond donors (Lipinski definition) is 2. The Kier molecular flexibility index (Phi) is 13.0. The third kappa shape index (κ3) is 10.5. The van der Waals surface area contributed by atoms with Gasteiger partial charge in [-0.2, -0.15) is 10.4 Å². The van der Waals surface area contributed by atoms with Gasteiger partial charge in [-0.1, -0.05) is 24.3 Å². The maximum atomic E-state index is 15.4. The number of halogens is 3. The smallest absolute Gasteiger partial charge is 0.432 e. The summed E-state index contributed by atoms with van der Waals surface area (Å²) in [5.74, 6) is -2.42. The summed E-state index contributed by atoms with van der Waals surface area (Å²) < 4.78 is 82.4. The number of phosphoric ester groups is 1. The molecule has 0 unspecified atom stereocenters. The van der Waals surface area contributed by atoms with E-state index in [0.29, 0.717) is 11.6 Å². The van der Waals surface area contributed by atoms with Crippen molar-refractivity contribution in [3.63, 3.8) is 0 Å². The highest BCUT2D eigenvalue weighted by atomic mass is 32.2. The molecule has 256 valence electrons. The first-order valence-corrected chi connectivity index (χ1v) is 16.6. The summed E-state index contributed by atoms with van der Waals surface area (Å²) in [7, 11) is -4.82. The van der Waals surface area contributed by atoms with E-state index in [1.54, 1.807) is 25.2 Å². The number of nitrogens with zero attached hydrogens (tertiary/aromatic N) is 4. The van der Waals surface area contributed by atoms with Crippen LogP contribution in [0.15, 0.2) is 67.3 Å². The van der Waals surface area contributed by atoms with Gasteiger partial charge in [0.25, 0.3) is 0 Å². The zero-order chi connectivity index (χ0) is 34.7. The molecule has 2 aromatic carbocycles. The van der Waals surface area contributed by atoms with E-state index in [1.165, 1.54) is 47.3 Å². The molecule has 3 aromatic rings. The topological polar surface area (TPSA) is 175 Å². The van der Waals surface area contributed by atoms with E-state index < -0.39 is 61.8 Å². The Morgan fingerprint density at radius 1 is 1.19 bits per heavy atom. The summed E-state index contributed by atoms with van der Waals surface area (Å²) in [6, 6.07) is 8.77. The fourth-order valence-electron chi connectivity index (χ4n) is 4.58. The molecule has 2 atom stereocenters. The van der Waals surface area contributed by atoms with Crippen LogP contribution in [-0.2, 0) is 40.2 Å². The third-order valence-electron chi connectivity index (χ3n) is 6.81. The van der Waals surface area contributed by atoms with Crippen molar-refractivity contribution in [2.24, 2.45) is 0 Å². The van der Waals surface area contributed by atoms with Gasteiger partial charge in [-0.15, -0.1) is 11.8 Å². The van der Waals surface area contributed by atoms with Gasteiger partial charge < -0.3 is 28.7 Å². The lowest BCUT2D eigenvalue weighted by Gasteiger charge is -2.40. The van der Waals surface area contributed by atoms with Crippen LogP contribution in [0.2, 0.25) is 0 Å². The number of benzene rings is 2. The molecule has 48 heavy (non-hydrogen) atoms. The lowest BCUT2D eigenvalue weighted by Crippen LogP contribution is -2.47. The first kappa shape index (κ1) is 36.8. The second kappa shape index (κ2) is 16.9. The normalized spacial score (nSPS) is 18.8. The average molecular weight is 711 g/mol. The number of ether oxygens (including phenoxy) is 4. The zero-order valence-corrected chi connectivity index (χ0v) is 26.9. The molecule has 1 aliphatic heterocycles. The van der Waals surface area contributed by atoms with Gasteiger partial charge >= 0.3 is 14.0 Å². The quantitative estimate of drug-likeness (QED) is 0.101. The molecule has 1 aromatic heterocycles. The second-order valence-corrected chi connectivity index (χ2v) is 13.0.